The van der Waals surface area contributed by atoms with E-state index in [1.165, 1.54) is 0 Å². The van der Waals surface area contributed by atoms with Crippen molar-refractivity contribution in [1.82, 2.24) is 4.90 Å². The number of alkyl halides is 1. The highest BCUT2D eigenvalue weighted by Gasteiger charge is 2.52. The van der Waals surface area contributed by atoms with Gasteiger partial charge in [0.05, 0.1) is 5.92 Å². The van der Waals surface area contributed by atoms with E-state index in [4.69, 9.17) is 21.1 Å². The quantitative estimate of drug-likeness (QED) is 0.578. The molecule has 1 heterocycles. The average molecular weight is 290 g/mol. The normalized spacial score (nSPS) is 29.5. The number of halogens is 1. The first-order valence-electron chi connectivity index (χ1n) is 6.52. The van der Waals surface area contributed by atoms with Crippen molar-refractivity contribution in [3.63, 3.8) is 0 Å². The van der Waals surface area contributed by atoms with Gasteiger partial charge in [0.1, 0.15) is 5.60 Å². The summed E-state index contributed by atoms with van der Waals surface area (Å²) in [6, 6.07) is -0.109. The molecule has 108 valence electrons. The number of esters is 1. The van der Waals surface area contributed by atoms with E-state index < -0.39 is 5.60 Å². The molecule has 0 aromatic rings. The van der Waals surface area contributed by atoms with Crippen LogP contribution < -0.4 is 0 Å². The van der Waals surface area contributed by atoms with Gasteiger partial charge in [0, 0.05) is 13.1 Å². The minimum atomic E-state index is -0.490. The first kappa shape index (κ1) is 14.4. The van der Waals surface area contributed by atoms with E-state index >= 15 is 0 Å². The summed E-state index contributed by atoms with van der Waals surface area (Å²) < 4.78 is 10.2. The number of fused-ring (bicyclic) bond motifs is 1. The number of ether oxygens (including phenoxy) is 2. The van der Waals surface area contributed by atoms with E-state index in [2.05, 4.69) is 0 Å². The zero-order valence-electron chi connectivity index (χ0n) is 11.5. The summed E-state index contributed by atoms with van der Waals surface area (Å²) in [5, 5.41) is 0. The molecule has 0 spiro atoms. The smallest absolute Gasteiger partial charge is 0.410 e. The van der Waals surface area contributed by atoms with Crippen molar-refractivity contribution in [3.8, 4) is 0 Å². The summed E-state index contributed by atoms with van der Waals surface area (Å²) in [6.07, 6.45) is 0.478. The number of carbonyl (C=O) groups excluding carboxylic acids is 2. The van der Waals surface area contributed by atoms with Gasteiger partial charge in [-0.3, -0.25) is 4.79 Å². The molecule has 0 bridgehead atoms. The first-order chi connectivity index (χ1) is 8.81. The van der Waals surface area contributed by atoms with Crippen molar-refractivity contribution in [2.24, 2.45) is 17.8 Å². The highest BCUT2D eigenvalue weighted by atomic mass is 35.5. The molecule has 0 aromatic carbocycles. The van der Waals surface area contributed by atoms with Gasteiger partial charge in [0.25, 0.3) is 0 Å². The van der Waals surface area contributed by atoms with E-state index in [0.29, 0.717) is 19.0 Å². The van der Waals surface area contributed by atoms with Crippen LogP contribution in [0.3, 0.4) is 0 Å². The molecular weight excluding hydrogens is 270 g/mol. The molecule has 3 unspecified atom stereocenters. The molecule has 2 rings (SSSR count). The second-order valence-electron chi connectivity index (χ2n) is 6.22. The van der Waals surface area contributed by atoms with Gasteiger partial charge in [-0.25, -0.2) is 4.79 Å². The van der Waals surface area contributed by atoms with Crippen LogP contribution >= 0.6 is 11.6 Å². The van der Waals surface area contributed by atoms with E-state index in [9.17, 15) is 9.59 Å². The minimum absolute atomic E-state index is 0.109. The van der Waals surface area contributed by atoms with Crippen molar-refractivity contribution in [1.29, 1.82) is 0 Å². The van der Waals surface area contributed by atoms with Gasteiger partial charge in [0.2, 0.25) is 0 Å². The van der Waals surface area contributed by atoms with Gasteiger partial charge in [-0.05, 0) is 39.0 Å². The zero-order chi connectivity index (χ0) is 14.2. The predicted octanol–water partition coefficient (Wildman–Crippen LogP) is 2.23. The first-order valence-corrected chi connectivity index (χ1v) is 7.06. The monoisotopic (exact) mass is 289 g/mol. The number of carbonyl (C=O) groups is 2. The van der Waals surface area contributed by atoms with Crippen LogP contribution in [0.4, 0.5) is 4.79 Å². The molecule has 1 amide bonds. The Labute approximate surface area is 118 Å². The van der Waals surface area contributed by atoms with E-state index in [-0.39, 0.29) is 30.0 Å². The number of rotatable bonds is 2. The molecule has 1 aliphatic carbocycles. The fourth-order valence-corrected chi connectivity index (χ4v) is 2.92. The fraction of sp³-hybridized carbons (Fsp3) is 0.846. The van der Waals surface area contributed by atoms with Gasteiger partial charge in [-0.15, -0.1) is 0 Å². The van der Waals surface area contributed by atoms with Gasteiger partial charge < -0.3 is 14.4 Å². The molecular formula is C13H20ClNO4. The van der Waals surface area contributed by atoms with Crippen LogP contribution in [0.5, 0.6) is 0 Å². The molecule has 19 heavy (non-hydrogen) atoms. The summed E-state index contributed by atoms with van der Waals surface area (Å²) in [5.41, 5.74) is -0.490. The van der Waals surface area contributed by atoms with Crippen LogP contribution in [0.2, 0.25) is 0 Å². The fourth-order valence-electron chi connectivity index (χ4n) is 2.81. The zero-order valence-corrected chi connectivity index (χ0v) is 12.3. The Morgan fingerprint density at radius 2 is 2.00 bits per heavy atom. The second kappa shape index (κ2) is 5.19. The SMILES string of the molecule is CC(C)(C)OC(=O)N1CC2CC(C(=O)OCCl)C2C1. The molecule has 1 saturated heterocycles. The molecule has 0 N–H and O–H groups in total. The molecule has 6 heteroatoms. The molecule has 5 nitrogen and oxygen atoms in total. The predicted molar refractivity (Wildman–Crippen MR) is 69.7 cm³/mol. The van der Waals surface area contributed by atoms with E-state index in [0.717, 1.165) is 6.42 Å². The standard InChI is InChI=1S/C13H20ClNO4/c1-13(2,3)19-12(17)15-5-8-4-9(10(8)6-15)11(16)18-7-14/h8-10H,4-7H2,1-3H3. The van der Waals surface area contributed by atoms with Crippen molar-refractivity contribution >= 4 is 23.7 Å². The lowest BCUT2D eigenvalue weighted by Gasteiger charge is -2.36. The molecule has 3 atom stereocenters. The Bertz CT molecular complexity index is 379. The maximum Gasteiger partial charge on any atom is 0.410 e. The Kier molecular flexibility index (Phi) is 3.95. The molecule has 2 fully saturated rings. The maximum absolute atomic E-state index is 11.9. The van der Waals surface area contributed by atoms with Crippen LogP contribution in [0.1, 0.15) is 27.2 Å². The van der Waals surface area contributed by atoms with Gasteiger partial charge >= 0.3 is 12.1 Å². The highest BCUT2D eigenvalue weighted by molar-refractivity contribution is 6.17. The number of hydrogen-bond donors (Lipinski definition) is 0. The minimum Gasteiger partial charge on any atom is -0.449 e. The van der Waals surface area contributed by atoms with Crippen LogP contribution in [-0.4, -0.2) is 41.7 Å². The Morgan fingerprint density at radius 1 is 1.32 bits per heavy atom. The van der Waals surface area contributed by atoms with E-state index in [1.807, 2.05) is 20.8 Å². The van der Waals surface area contributed by atoms with Crippen LogP contribution in [0.15, 0.2) is 0 Å². The number of amides is 1. The summed E-state index contributed by atoms with van der Waals surface area (Å²) >= 11 is 5.39. The van der Waals surface area contributed by atoms with Crippen molar-refractivity contribution in [3.05, 3.63) is 0 Å². The Morgan fingerprint density at radius 3 is 2.58 bits per heavy atom. The lowest BCUT2D eigenvalue weighted by molar-refractivity contribution is -0.154. The largest absolute Gasteiger partial charge is 0.449 e. The van der Waals surface area contributed by atoms with Crippen LogP contribution in [0.25, 0.3) is 0 Å². The van der Waals surface area contributed by atoms with E-state index in [1.54, 1.807) is 4.90 Å². The third-order valence-electron chi connectivity index (χ3n) is 3.72. The van der Waals surface area contributed by atoms with Gasteiger partial charge in [-0.1, -0.05) is 11.6 Å². The Balaban J connectivity index is 1.87. The van der Waals surface area contributed by atoms with Crippen molar-refractivity contribution in [2.75, 3.05) is 19.2 Å². The van der Waals surface area contributed by atoms with Crippen LogP contribution in [-0.2, 0) is 14.3 Å². The highest BCUT2D eigenvalue weighted by Crippen LogP contribution is 2.46. The third-order valence-corrected chi connectivity index (χ3v) is 3.83. The van der Waals surface area contributed by atoms with Gasteiger partial charge in [-0.2, -0.15) is 0 Å². The number of hydrogen-bond acceptors (Lipinski definition) is 4. The van der Waals surface area contributed by atoms with Crippen molar-refractivity contribution in [2.45, 2.75) is 32.8 Å². The average Bonchev–Trinajstić information content (AvgIpc) is 2.55. The lowest BCUT2D eigenvalue weighted by Crippen LogP contribution is -2.41. The summed E-state index contributed by atoms with van der Waals surface area (Å²) in [4.78, 5) is 25.3. The summed E-state index contributed by atoms with van der Waals surface area (Å²) in [5.74, 6) is 0.224. The topological polar surface area (TPSA) is 55.8 Å². The molecule has 1 aliphatic heterocycles. The summed E-state index contributed by atoms with van der Waals surface area (Å²) in [6.45, 7) is 6.77. The third kappa shape index (κ3) is 3.14. The molecule has 2 aliphatic rings. The van der Waals surface area contributed by atoms with Gasteiger partial charge in [0.15, 0.2) is 6.07 Å². The number of nitrogens with zero attached hydrogens (tertiary/aromatic N) is 1. The van der Waals surface area contributed by atoms with Crippen LogP contribution in [0, 0.1) is 17.8 Å². The Hall–Kier alpha value is -0.970. The summed E-state index contributed by atoms with van der Waals surface area (Å²) in [7, 11) is 0. The second-order valence-corrected chi connectivity index (χ2v) is 6.44. The molecule has 0 aromatic heterocycles. The molecule has 0 radical (unpaired) electrons. The molecule has 1 saturated carbocycles. The lowest BCUT2D eigenvalue weighted by atomic mass is 9.67. The maximum atomic E-state index is 11.9. The number of likely N-dealkylation sites (tertiary alicyclic amines) is 1. The van der Waals surface area contributed by atoms with Crippen molar-refractivity contribution < 1.29 is 19.1 Å².